The number of methoxy groups -OCH3 is 1. The van der Waals surface area contributed by atoms with E-state index in [4.69, 9.17) is 4.74 Å². The van der Waals surface area contributed by atoms with Crippen molar-refractivity contribution in [1.82, 2.24) is 0 Å². The van der Waals surface area contributed by atoms with Gasteiger partial charge in [-0.2, -0.15) is 0 Å². The quantitative estimate of drug-likeness (QED) is 0.656. The number of ether oxygens (including phenoxy) is 1. The Labute approximate surface area is 174 Å². The molecular formula is C22H24N2O4S. The van der Waals surface area contributed by atoms with Gasteiger partial charge in [-0.25, -0.2) is 4.90 Å². The summed E-state index contributed by atoms with van der Waals surface area (Å²) in [5.74, 6) is 0.235. The molecule has 1 heterocycles. The molecule has 0 bridgehead atoms. The van der Waals surface area contributed by atoms with Crippen LogP contribution in [0.1, 0.15) is 32.6 Å². The topological polar surface area (TPSA) is 75.7 Å². The zero-order chi connectivity index (χ0) is 20.8. The first-order valence-electron chi connectivity index (χ1n) is 9.59. The lowest BCUT2D eigenvalue weighted by molar-refractivity contribution is -0.121. The molecule has 152 valence electrons. The Morgan fingerprint density at radius 1 is 1.14 bits per heavy atom. The fraction of sp³-hybridized carbons (Fsp3) is 0.318. The summed E-state index contributed by atoms with van der Waals surface area (Å²) in [5.41, 5.74) is 1.28. The second-order valence-corrected chi connectivity index (χ2v) is 8.03. The Morgan fingerprint density at radius 3 is 2.45 bits per heavy atom. The number of nitrogens with one attached hydrogen (secondary N) is 1. The van der Waals surface area contributed by atoms with Crippen molar-refractivity contribution in [2.45, 2.75) is 42.8 Å². The van der Waals surface area contributed by atoms with E-state index in [2.05, 4.69) is 5.32 Å². The average molecular weight is 413 g/mol. The van der Waals surface area contributed by atoms with Gasteiger partial charge < -0.3 is 10.1 Å². The molecule has 0 aromatic heterocycles. The van der Waals surface area contributed by atoms with E-state index < -0.39 is 5.25 Å². The second-order valence-electron chi connectivity index (χ2n) is 6.75. The second kappa shape index (κ2) is 9.60. The van der Waals surface area contributed by atoms with E-state index in [1.165, 1.54) is 16.7 Å². The van der Waals surface area contributed by atoms with Gasteiger partial charge in [-0.05, 0) is 55.0 Å². The maximum atomic E-state index is 12.8. The molecule has 0 unspecified atom stereocenters. The standard InChI is InChI=1S/C22H24N2O4S/c1-3-4-5-20(25)23-15-6-12-18(13-7-15)29-19-14-21(26)24(22(19)27)16-8-10-17(28-2)11-9-16/h6-13,19H,3-5,14H2,1-2H3,(H,23,25)/t19-/m1/s1. The lowest BCUT2D eigenvalue weighted by Gasteiger charge is -2.15. The van der Waals surface area contributed by atoms with Gasteiger partial charge in [-0.15, -0.1) is 11.8 Å². The number of benzene rings is 2. The van der Waals surface area contributed by atoms with E-state index in [0.29, 0.717) is 17.9 Å². The number of rotatable bonds is 8. The van der Waals surface area contributed by atoms with Gasteiger partial charge in [0.25, 0.3) is 0 Å². The van der Waals surface area contributed by atoms with Crippen LogP contribution in [-0.4, -0.2) is 30.1 Å². The van der Waals surface area contributed by atoms with Crippen LogP contribution in [0, 0.1) is 0 Å². The van der Waals surface area contributed by atoms with Crippen LogP contribution in [0.3, 0.4) is 0 Å². The van der Waals surface area contributed by atoms with Gasteiger partial charge in [0.05, 0.1) is 18.0 Å². The Morgan fingerprint density at radius 2 is 1.83 bits per heavy atom. The first kappa shape index (κ1) is 20.9. The summed E-state index contributed by atoms with van der Waals surface area (Å²) in [6.07, 6.45) is 2.50. The summed E-state index contributed by atoms with van der Waals surface area (Å²) in [7, 11) is 1.57. The highest BCUT2D eigenvalue weighted by atomic mass is 32.2. The SMILES string of the molecule is CCCCC(=O)Nc1ccc(S[C@@H]2CC(=O)N(c3ccc(OC)cc3)C2=O)cc1. The summed E-state index contributed by atoms with van der Waals surface area (Å²) in [5, 5.41) is 2.40. The van der Waals surface area contributed by atoms with Gasteiger partial charge in [-0.1, -0.05) is 13.3 Å². The van der Waals surface area contributed by atoms with Crippen LogP contribution in [0.2, 0.25) is 0 Å². The molecule has 0 saturated carbocycles. The molecule has 7 heteroatoms. The molecule has 1 aliphatic heterocycles. The number of hydrogen-bond acceptors (Lipinski definition) is 5. The number of imide groups is 1. The van der Waals surface area contributed by atoms with Gasteiger partial charge in [0.2, 0.25) is 17.7 Å². The third kappa shape index (κ3) is 5.17. The van der Waals surface area contributed by atoms with Gasteiger partial charge >= 0.3 is 0 Å². The molecule has 1 aliphatic rings. The van der Waals surface area contributed by atoms with Crippen molar-refractivity contribution in [3.63, 3.8) is 0 Å². The molecule has 2 aromatic rings. The van der Waals surface area contributed by atoms with E-state index >= 15 is 0 Å². The normalized spacial score (nSPS) is 16.2. The van der Waals surface area contributed by atoms with Crippen LogP contribution < -0.4 is 15.0 Å². The summed E-state index contributed by atoms with van der Waals surface area (Å²) in [6.45, 7) is 2.05. The number of anilines is 2. The smallest absolute Gasteiger partial charge is 0.247 e. The predicted octanol–water partition coefficient (Wildman–Crippen LogP) is 4.25. The summed E-state index contributed by atoms with van der Waals surface area (Å²) < 4.78 is 5.12. The number of thioether (sulfide) groups is 1. The molecule has 0 spiro atoms. The van der Waals surface area contributed by atoms with Crippen molar-refractivity contribution in [2.24, 2.45) is 0 Å². The van der Waals surface area contributed by atoms with E-state index in [0.717, 1.165) is 23.4 Å². The van der Waals surface area contributed by atoms with Crippen molar-refractivity contribution in [3.05, 3.63) is 48.5 Å². The van der Waals surface area contributed by atoms with Crippen molar-refractivity contribution < 1.29 is 19.1 Å². The Kier molecular flexibility index (Phi) is 6.93. The summed E-state index contributed by atoms with van der Waals surface area (Å²) in [6, 6.07) is 14.2. The first-order chi connectivity index (χ1) is 14.0. The minimum absolute atomic E-state index is 0.000969. The highest BCUT2D eigenvalue weighted by molar-refractivity contribution is 8.00. The number of amides is 3. The van der Waals surface area contributed by atoms with E-state index in [1.54, 1.807) is 31.4 Å². The number of carbonyl (C=O) groups excluding carboxylic acids is 3. The largest absolute Gasteiger partial charge is 0.497 e. The van der Waals surface area contributed by atoms with Crippen LogP contribution >= 0.6 is 11.8 Å². The first-order valence-corrected chi connectivity index (χ1v) is 10.5. The van der Waals surface area contributed by atoms with Crippen LogP contribution in [0.4, 0.5) is 11.4 Å². The van der Waals surface area contributed by atoms with Crippen LogP contribution in [-0.2, 0) is 14.4 Å². The predicted molar refractivity (Wildman–Crippen MR) is 114 cm³/mol. The Balaban J connectivity index is 1.62. The van der Waals surface area contributed by atoms with Gasteiger partial charge in [0.1, 0.15) is 5.75 Å². The summed E-state index contributed by atoms with van der Waals surface area (Å²) >= 11 is 1.36. The zero-order valence-corrected chi connectivity index (χ0v) is 17.3. The van der Waals surface area contributed by atoms with Crippen molar-refractivity contribution in [3.8, 4) is 5.75 Å². The molecular weight excluding hydrogens is 388 g/mol. The highest BCUT2D eigenvalue weighted by Gasteiger charge is 2.40. The molecule has 3 amide bonds. The Hall–Kier alpha value is -2.80. The highest BCUT2D eigenvalue weighted by Crippen LogP contribution is 2.34. The molecule has 1 atom stereocenters. The molecule has 0 radical (unpaired) electrons. The fourth-order valence-electron chi connectivity index (χ4n) is 3.04. The van der Waals surface area contributed by atoms with Crippen LogP contribution in [0.5, 0.6) is 5.75 Å². The third-order valence-corrected chi connectivity index (χ3v) is 5.81. The fourth-order valence-corrected chi connectivity index (χ4v) is 4.09. The molecule has 1 fully saturated rings. The summed E-state index contributed by atoms with van der Waals surface area (Å²) in [4.78, 5) is 39.1. The van der Waals surface area contributed by atoms with Crippen molar-refractivity contribution in [1.29, 1.82) is 0 Å². The van der Waals surface area contributed by atoms with Crippen molar-refractivity contribution >= 4 is 40.9 Å². The molecule has 3 rings (SSSR count). The van der Waals surface area contributed by atoms with E-state index in [-0.39, 0.29) is 24.1 Å². The minimum atomic E-state index is -0.463. The van der Waals surface area contributed by atoms with Crippen LogP contribution in [0.25, 0.3) is 0 Å². The number of hydrogen-bond donors (Lipinski definition) is 1. The van der Waals surface area contributed by atoms with E-state index in [1.807, 2.05) is 31.2 Å². The molecule has 1 N–H and O–H groups in total. The lowest BCUT2D eigenvalue weighted by atomic mass is 10.2. The van der Waals surface area contributed by atoms with Gasteiger partial charge in [0, 0.05) is 23.4 Å². The molecule has 29 heavy (non-hydrogen) atoms. The molecule has 1 saturated heterocycles. The number of nitrogens with zero attached hydrogens (tertiary/aromatic N) is 1. The zero-order valence-electron chi connectivity index (χ0n) is 16.5. The van der Waals surface area contributed by atoms with Crippen molar-refractivity contribution in [2.75, 3.05) is 17.3 Å². The molecule has 0 aliphatic carbocycles. The van der Waals surface area contributed by atoms with Crippen LogP contribution in [0.15, 0.2) is 53.4 Å². The number of unbranched alkanes of at least 4 members (excludes halogenated alkanes) is 1. The van der Waals surface area contributed by atoms with Gasteiger partial charge in [0.15, 0.2) is 0 Å². The lowest BCUT2D eigenvalue weighted by Crippen LogP contribution is -2.31. The Bertz CT molecular complexity index is 881. The number of carbonyl (C=O) groups is 3. The maximum absolute atomic E-state index is 12.8. The molecule has 6 nitrogen and oxygen atoms in total. The maximum Gasteiger partial charge on any atom is 0.247 e. The molecule has 2 aromatic carbocycles. The minimum Gasteiger partial charge on any atom is -0.497 e. The average Bonchev–Trinajstić information content (AvgIpc) is 3.01. The van der Waals surface area contributed by atoms with Gasteiger partial charge in [-0.3, -0.25) is 14.4 Å². The third-order valence-electron chi connectivity index (χ3n) is 4.61. The van der Waals surface area contributed by atoms with E-state index in [9.17, 15) is 14.4 Å². The monoisotopic (exact) mass is 412 g/mol.